The number of ketones is 1. The summed E-state index contributed by atoms with van der Waals surface area (Å²) in [4.78, 5) is 14.7. The molecule has 0 aliphatic rings. The third-order valence-corrected chi connectivity index (χ3v) is 1.35. The van der Waals surface area contributed by atoms with Crippen molar-refractivity contribution < 1.29 is 14.9 Å². The molecule has 0 atom stereocenters. The Hall–Kier alpha value is -1.35. The zero-order valence-electron chi connectivity index (χ0n) is 6.07. The van der Waals surface area contributed by atoms with Crippen LogP contribution < -0.4 is 4.89 Å². The molecule has 0 aliphatic carbocycles. The van der Waals surface area contributed by atoms with Gasteiger partial charge in [-0.25, -0.2) is 5.26 Å². The van der Waals surface area contributed by atoms with E-state index in [9.17, 15) is 4.79 Å². The van der Waals surface area contributed by atoms with E-state index in [4.69, 9.17) is 5.26 Å². The van der Waals surface area contributed by atoms with Crippen LogP contribution >= 0.6 is 0 Å². The minimum atomic E-state index is -0.0519. The number of rotatable bonds is 2. The molecule has 0 saturated carbocycles. The van der Waals surface area contributed by atoms with Crippen molar-refractivity contribution in [2.24, 2.45) is 0 Å². The molecule has 0 bridgehead atoms. The van der Waals surface area contributed by atoms with Gasteiger partial charge in [-0.1, -0.05) is 12.1 Å². The van der Waals surface area contributed by atoms with Crippen molar-refractivity contribution in [1.29, 1.82) is 0 Å². The number of Topliss-reactive ketones (excluding diaryl/α,β-unsaturated/α-hetero) is 1. The van der Waals surface area contributed by atoms with Gasteiger partial charge in [-0.3, -0.25) is 4.79 Å². The van der Waals surface area contributed by atoms with E-state index in [2.05, 4.69) is 4.89 Å². The van der Waals surface area contributed by atoms with Crippen LogP contribution in [0.25, 0.3) is 0 Å². The largest absolute Gasteiger partial charge is 0.340 e. The smallest absolute Gasteiger partial charge is 0.165 e. The summed E-state index contributed by atoms with van der Waals surface area (Å²) >= 11 is 0. The highest BCUT2D eigenvalue weighted by Crippen LogP contribution is 2.12. The summed E-state index contributed by atoms with van der Waals surface area (Å²) in [6, 6.07) is 6.34. The molecule has 0 radical (unpaired) electrons. The van der Waals surface area contributed by atoms with Crippen LogP contribution in [0.4, 0.5) is 0 Å². The summed E-state index contributed by atoms with van der Waals surface area (Å²) in [5, 5.41) is 8.23. The lowest BCUT2D eigenvalue weighted by molar-refractivity contribution is -0.137. The lowest BCUT2D eigenvalue weighted by atomic mass is 10.1. The Labute approximate surface area is 64.2 Å². The molecule has 1 rings (SSSR count). The van der Waals surface area contributed by atoms with Gasteiger partial charge in [-0.15, -0.1) is 0 Å². The Bertz CT molecular complexity index is 268. The summed E-state index contributed by atoms with van der Waals surface area (Å²) in [6.07, 6.45) is 0. The summed E-state index contributed by atoms with van der Waals surface area (Å²) in [5.74, 6) is 0.224. The van der Waals surface area contributed by atoms with Crippen molar-refractivity contribution in [2.45, 2.75) is 6.92 Å². The molecule has 3 heteroatoms. The summed E-state index contributed by atoms with van der Waals surface area (Å²) < 4.78 is 0. The van der Waals surface area contributed by atoms with Crippen molar-refractivity contribution >= 4 is 5.78 Å². The number of carbonyl (C=O) groups excluding carboxylic acids is 1. The fourth-order valence-electron chi connectivity index (χ4n) is 0.772. The molecule has 0 aromatic heterocycles. The first-order valence-electron chi connectivity index (χ1n) is 3.16. The van der Waals surface area contributed by atoms with Gasteiger partial charge in [0.1, 0.15) is 0 Å². The SMILES string of the molecule is CC(=O)c1cccc(OO)c1. The van der Waals surface area contributed by atoms with Crippen LogP contribution in [0.1, 0.15) is 17.3 Å². The van der Waals surface area contributed by atoms with E-state index in [1.807, 2.05) is 0 Å². The molecule has 3 nitrogen and oxygen atoms in total. The van der Waals surface area contributed by atoms with Gasteiger partial charge < -0.3 is 4.89 Å². The Morgan fingerprint density at radius 2 is 2.27 bits per heavy atom. The lowest BCUT2D eigenvalue weighted by Gasteiger charge is -1.97. The third-order valence-electron chi connectivity index (χ3n) is 1.35. The third kappa shape index (κ3) is 1.78. The van der Waals surface area contributed by atoms with E-state index in [-0.39, 0.29) is 11.5 Å². The van der Waals surface area contributed by atoms with E-state index >= 15 is 0 Å². The maximum atomic E-state index is 10.8. The second-order valence-electron chi connectivity index (χ2n) is 2.18. The summed E-state index contributed by atoms with van der Waals surface area (Å²) in [7, 11) is 0. The van der Waals surface area contributed by atoms with Crippen LogP contribution in [-0.2, 0) is 0 Å². The highest BCUT2D eigenvalue weighted by molar-refractivity contribution is 5.94. The average Bonchev–Trinajstić information content (AvgIpc) is 2.05. The average molecular weight is 152 g/mol. The monoisotopic (exact) mass is 152 g/mol. The van der Waals surface area contributed by atoms with Crippen LogP contribution in [-0.4, -0.2) is 11.0 Å². The van der Waals surface area contributed by atoms with E-state index in [0.29, 0.717) is 5.56 Å². The second-order valence-corrected chi connectivity index (χ2v) is 2.18. The van der Waals surface area contributed by atoms with Gasteiger partial charge in [-0.2, -0.15) is 0 Å². The molecule has 0 unspecified atom stereocenters. The van der Waals surface area contributed by atoms with Crippen molar-refractivity contribution in [1.82, 2.24) is 0 Å². The maximum Gasteiger partial charge on any atom is 0.165 e. The fraction of sp³-hybridized carbons (Fsp3) is 0.125. The van der Waals surface area contributed by atoms with Gasteiger partial charge in [0.2, 0.25) is 0 Å². The van der Waals surface area contributed by atoms with Gasteiger partial charge in [0.25, 0.3) is 0 Å². The van der Waals surface area contributed by atoms with Gasteiger partial charge >= 0.3 is 0 Å². The highest BCUT2D eigenvalue weighted by atomic mass is 17.1. The van der Waals surface area contributed by atoms with Crippen LogP contribution in [0.2, 0.25) is 0 Å². The Kier molecular flexibility index (Phi) is 2.23. The molecule has 0 amide bonds. The van der Waals surface area contributed by atoms with Crippen molar-refractivity contribution in [3.05, 3.63) is 29.8 Å². The Morgan fingerprint density at radius 3 is 2.82 bits per heavy atom. The normalized spacial score (nSPS) is 9.27. The number of benzene rings is 1. The standard InChI is InChI=1S/C8H8O3/c1-6(9)7-3-2-4-8(5-7)11-10/h2-5,10H,1H3. The molecule has 58 valence electrons. The zero-order valence-corrected chi connectivity index (χ0v) is 6.07. The zero-order chi connectivity index (χ0) is 8.27. The number of hydrogen-bond acceptors (Lipinski definition) is 3. The Morgan fingerprint density at radius 1 is 1.55 bits per heavy atom. The van der Waals surface area contributed by atoms with Crippen LogP contribution in [0, 0.1) is 0 Å². The molecule has 1 aromatic carbocycles. The Balaban J connectivity index is 3.01. The molecule has 1 aromatic rings. The predicted molar refractivity (Wildman–Crippen MR) is 39.7 cm³/mol. The molecule has 0 saturated heterocycles. The molecular weight excluding hydrogens is 144 g/mol. The van der Waals surface area contributed by atoms with Crippen LogP contribution in [0.15, 0.2) is 24.3 Å². The molecule has 0 aliphatic heterocycles. The van der Waals surface area contributed by atoms with E-state index in [1.54, 1.807) is 18.2 Å². The molecule has 0 heterocycles. The minimum Gasteiger partial charge on any atom is -0.340 e. The van der Waals surface area contributed by atoms with Crippen LogP contribution in [0.5, 0.6) is 5.75 Å². The fourth-order valence-corrected chi connectivity index (χ4v) is 0.772. The summed E-state index contributed by atoms with van der Waals surface area (Å²) in [5.41, 5.74) is 0.525. The van der Waals surface area contributed by atoms with Crippen LogP contribution in [0.3, 0.4) is 0 Å². The van der Waals surface area contributed by atoms with Gasteiger partial charge in [-0.05, 0) is 19.1 Å². The second kappa shape index (κ2) is 3.16. The van der Waals surface area contributed by atoms with Gasteiger partial charge in [0.15, 0.2) is 11.5 Å². The maximum absolute atomic E-state index is 10.8. The molecule has 1 N–H and O–H groups in total. The van der Waals surface area contributed by atoms with Crippen molar-refractivity contribution in [3.63, 3.8) is 0 Å². The van der Waals surface area contributed by atoms with E-state index in [0.717, 1.165) is 0 Å². The highest BCUT2D eigenvalue weighted by Gasteiger charge is 1.99. The lowest BCUT2D eigenvalue weighted by Crippen LogP contribution is -1.92. The first-order valence-corrected chi connectivity index (χ1v) is 3.16. The van der Waals surface area contributed by atoms with E-state index in [1.165, 1.54) is 13.0 Å². The molecule has 0 spiro atoms. The first kappa shape index (κ1) is 7.75. The number of carbonyl (C=O) groups is 1. The number of hydrogen-bond donors (Lipinski definition) is 1. The van der Waals surface area contributed by atoms with Crippen molar-refractivity contribution in [2.75, 3.05) is 0 Å². The topological polar surface area (TPSA) is 46.5 Å². The van der Waals surface area contributed by atoms with E-state index < -0.39 is 0 Å². The van der Waals surface area contributed by atoms with Gasteiger partial charge in [0.05, 0.1) is 0 Å². The minimum absolute atomic E-state index is 0.0519. The quantitative estimate of drug-likeness (QED) is 0.399. The first-order chi connectivity index (χ1) is 5.24. The summed E-state index contributed by atoms with van der Waals surface area (Å²) in [6.45, 7) is 1.45. The van der Waals surface area contributed by atoms with Gasteiger partial charge in [0, 0.05) is 5.56 Å². The molecule has 0 fully saturated rings. The molecule has 11 heavy (non-hydrogen) atoms. The molecular formula is C8H8O3. The predicted octanol–water partition coefficient (Wildman–Crippen LogP) is 1.74. The van der Waals surface area contributed by atoms with Crippen molar-refractivity contribution in [3.8, 4) is 5.75 Å².